The standard InChI is InChI=1S/C19H32N2O2/c1-14(2)16-8-10-17(11-9-16)15(3)20-12-13-21(7)18(22)23-19(4,5)6/h8-11,14-15,20H,12-13H2,1-7H3. The maximum absolute atomic E-state index is 11.9. The molecule has 1 atom stereocenters. The van der Waals surface area contributed by atoms with E-state index in [1.165, 1.54) is 11.1 Å². The normalized spacial score (nSPS) is 13.0. The molecule has 0 aliphatic carbocycles. The van der Waals surface area contributed by atoms with Crippen LogP contribution in [0.3, 0.4) is 0 Å². The van der Waals surface area contributed by atoms with E-state index in [9.17, 15) is 4.79 Å². The van der Waals surface area contributed by atoms with Gasteiger partial charge in [0, 0.05) is 26.2 Å². The van der Waals surface area contributed by atoms with Gasteiger partial charge in [0.15, 0.2) is 0 Å². The van der Waals surface area contributed by atoms with E-state index in [2.05, 4.69) is 50.4 Å². The van der Waals surface area contributed by atoms with E-state index in [1.54, 1.807) is 11.9 Å². The number of nitrogens with zero attached hydrogens (tertiary/aromatic N) is 1. The molecule has 0 bridgehead atoms. The summed E-state index contributed by atoms with van der Waals surface area (Å²) in [5, 5.41) is 3.45. The fraction of sp³-hybridized carbons (Fsp3) is 0.632. The number of benzene rings is 1. The number of amides is 1. The van der Waals surface area contributed by atoms with Gasteiger partial charge in [0.05, 0.1) is 0 Å². The van der Waals surface area contributed by atoms with Crippen molar-refractivity contribution in [2.75, 3.05) is 20.1 Å². The summed E-state index contributed by atoms with van der Waals surface area (Å²) < 4.78 is 5.34. The van der Waals surface area contributed by atoms with E-state index in [0.717, 1.165) is 6.54 Å². The average molecular weight is 320 g/mol. The molecule has 1 N–H and O–H groups in total. The van der Waals surface area contributed by atoms with Crippen LogP contribution in [0.2, 0.25) is 0 Å². The number of likely N-dealkylation sites (N-methyl/N-ethyl adjacent to an activating group) is 1. The summed E-state index contributed by atoms with van der Waals surface area (Å²) in [6.45, 7) is 13.5. The predicted octanol–water partition coefficient (Wildman–Crippen LogP) is 4.33. The Morgan fingerprint density at radius 3 is 2.13 bits per heavy atom. The van der Waals surface area contributed by atoms with Crippen LogP contribution in [0.4, 0.5) is 4.79 Å². The molecule has 130 valence electrons. The minimum absolute atomic E-state index is 0.253. The molecule has 0 radical (unpaired) electrons. The van der Waals surface area contributed by atoms with Gasteiger partial charge in [0.1, 0.15) is 5.60 Å². The zero-order chi connectivity index (χ0) is 17.6. The first-order valence-electron chi connectivity index (χ1n) is 8.37. The summed E-state index contributed by atoms with van der Waals surface area (Å²) in [6, 6.07) is 8.97. The number of hydrogen-bond acceptors (Lipinski definition) is 3. The lowest BCUT2D eigenvalue weighted by Gasteiger charge is -2.25. The first kappa shape index (κ1) is 19.5. The quantitative estimate of drug-likeness (QED) is 0.848. The molecular weight excluding hydrogens is 288 g/mol. The SMILES string of the molecule is CC(C)c1ccc(C(C)NCCN(C)C(=O)OC(C)(C)C)cc1. The van der Waals surface area contributed by atoms with Crippen molar-refractivity contribution in [1.82, 2.24) is 10.2 Å². The summed E-state index contributed by atoms with van der Waals surface area (Å²) in [5.41, 5.74) is 2.16. The third kappa shape index (κ3) is 7.04. The Morgan fingerprint density at radius 2 is 1.65 bits per heavy atom. The minimum Gasteiger partial charge on any atom is -0.444 e. The molecule has 1 rings (SSSR count). The molecule has 4 nitrogen and oxygen atoms in total. The maximum atomic E-state index is 11.9. The molecule has 0 fully saturated rings. The molecule has 0 heterocycles. The Balaban J connectivity index is 2.41. The topological polar surface area (TPSA) is 41.6 Å². The highest BCUT2D eigenvalue weighted by atomic mass is 16.6. The fourth-order valence-corrected chi connectivity index (χ4v) is 2.17. The predicted molar refractivity (Wildman–Crippen MR) is 95.8 cm³/mol. The summed E-state index contributed by atoms with van der Waals surface area (Å²) in [4.78, 5) is 13.5. The van der Waals surface area contributed by atoms with E-state index in [1.807, 2.05) is 20.8 Å². The maximum Gasteiger partial charge on any atom is 0.410 e. The molecule has 4 heteroatoms. The second kappa shape index (κ2) is 8.34. The highest BCUT2D eigenvalue weighted by Crippen LogP contribution is 2.18. The Morgan fingerprint density at radius 1 is 1.13 bits per heavy atom. The van der Waals surface area contributed by atoms with E-state index < -0.39 is 5.60 Å². The molecule has 0 aliphatic heterocycles. The number of nitrogens with one attached hydrogen (secondary N) is 1. The molecule has 1 amide bonds. The van der Waals surface area contributed by atoms with Gasteiger partial charge in [0.2, 0.25) is 0 Å². The van der Waals surface area contributed by atoms with Crippen LogP contribution >= 0.6 is 0 Å². The lowest BCUT2D eigenvalue weighted by Crippen LogP contribution is -2.38. The fourth-order valence-electron chi connectivity index (χ4n) is 2.17. The van der Waals surface area contributed by atoms with Crippen molar-refractivity contribution in [3.05, 3.63) is 35.4 Å². The van der Waals surface area contributed by atoms with Gasteiger partial charge in [0.25, 0.3) is 0 Å². The van der Waals surface area contributed by atoms with Gasteiger partial charge < -0.3 is 15.0 Å². The number of carbonyl (C=O) groups is 1. The lowest BCUT2D eigenvalue weighted by atomic mass is 10.00. The Labute approximate surface area is 141 Å². The lowest BCUT2D eigenvalue weighted by molar-refractivity contribution is 0.0299. The highest BCUT2D eigenvalue weighted by Gasteiger charge is 2.19. The third-order valence-electron chi connectivity index (χ3n) is 3.71. The van der Waals surface area contributed by atoms with Crippen molar-refractivity contribution in [3.8, 4) is 0 Å². The van der Waals surface area contributed by atoms with Crippen LogP contribution in [0.25, 0.3) is 0 Å². The molecule has 0 saturated carbocycles. The summed E-state index contributed by atoms with van der Waals surface area (Å²) in [6.07, 6.45) is -0.284. The van der Waals surface area contributed by atoms with Crippen molar-refractivity contribution < 1.29 is 9.53 Å². The van der Waals surface area contributed by atoms with Crippen molar-refractivity contribution >= 4 is 6.09 Å². The van der Waals surface area contributed by atoms with E-state index in [0.29, 0.717) is 12.5 Å². The smallest absolute Gasteiger partial charge is 0.410 e. The van der Waals surface area contributed by atoms with Crippen LogP contribution < -0.4 is 5.32 Å². The second-order valence-corrected chi connectivity index (χ2v) is 7.40. The number of carbonyl (C=O) groups excluding carboxylic acids is 1. The average Bonchev–Trinajstić information content (AvgIpc) is 2.45. The summed E-state index contributed by atoms with van der Waals surface area (Å²) in [7, 11) is 1.76. The van der Waals surface area contributed by atoms with Crippen molar-refractivity contribution in [2.45, 2.75) is 59.1 Å². The first-order chi connectivity index (χ1) is 10.6. The third-order valence-corrected chi connectivity index (χ3v) is 3.71. The van der Waals surface area contributed by atoms with Crippen LogP contribution in [0.5, 0.6) is 0 Å². The van der Waals surface area contributed by atoms with Crippen LogP contribution in [-0.2, 0) is 4.74 Å². The molecule has 0 aliphatic rings. The number of ether oxygens (including phenoxy) is 1. The molecule has 0 aromatic heterocycles. The minimum atomic E-state index is -0.454. The van der Waals surface area contributed by atoms with Gasteiger partial charge in [-0.15, -0.1) is 0 Å². The summed E-state index contributed by atoms with van der Waals surface area (Å²) >= 11 is 0. The van der Waals surface area contributed by atoms with Gasteiger partial charge in [-0.25, -0.2) is 4.79 Å². The first-order valence-corrected chi connectivity index (χ1v) is 8.37. The van der Waals surface area contributed by atoms with E-state index in [-0.39, 0.29) is 12.1 Å². The van der Waals surface area contributed by atoms with E-state index in [4.69, 9.17) is 4.74 Å². The van der Waals surface area contributed by atoms with Crippen molar-refractivity contribution in [1.29, 1.82) is 0 Å². The van der Waals surface area contributed by atoms with Crippen LogP contribution in [0, 0.1) is 0 Å². The number of hydrogen-bond donors (Lipinski definition) is 1. The molecule has 1 aromatic rings. The highest BCUT2D eigenvalue weighted by molar-refractivity contribution is 5.67. The Bertz CT molecular complexity index is 489. The van der Waals surface area contributed by atoms with Crippen LogP contribution in [0.15, 0.2) is 24.3 Å². The Kier molecular flexibility index (Phi) is 7.07. The van der Waals surface area contributed by atoms with Gasteiger partial charge in [-0.2, -0.15) is 0 Å². The largest absolute Gasteiger partial charge is 0.444 e. The van der Waals surface area contributed by atoms with Crippen LogP contribution in [0.1, 0.15) is 64.6 Å². The van der Waals surface area contributed by atoms with Gasteiger partial charge in [-0.3, -0.25) is 0 Å². The van der Waals surface area contributed by atoms with Crippen LogP contribution in [-0.4, -0.2) is 36.7 Å². The monoisotopic (exact) mass is 320 g/mol. The summed E-state index contributed by atoms with van der Waals surface area (Å²) in [5.74, 6) is 0.551. The Hall–Kier alpha value is -1.55. The molecule has 1 unspecified atom stereocenters. The molecule has 0 spiro atoms. The van der Waals surface area contributed by atoms with Gasteiger partial charge in [-0.05, 0) is 44.7 Å². The van der Waals surface area contributed by atoms with Gasteiger partial charge in [-0.1, -0.05) is 38.1 Å². The number of rotatable bonds is 6. The van der Waals surface area contributed by atoms with Gasteiger partial charge >= 0.3 is 6.09 Å². The molecule has 0 saturated heterocycles. The second-order valence-electron chi connectivity index (χ2n) is 7.40. The van der Waals surface area contributed by atoms with Crippen molar-refractivity contribution in [2.24, 2.45) is 0 Å². The van der Waals surface area contributed by atoms with E-state index >= 15 is 0 Å². The van der Waals surface area contributed by atoms with Crippen molar-refractivity contribution in [3.63, 3.8) is 0 Å². The zero-order valence-electron chi connectivity index (χ0n) is 15.6. The zero-order valence-corrected chi connectivity index (χ0v) is 15.6. The molecule has 23 heavy (non-hydrogen) atoms. The molecular formula is C19H32N2O2. The molecule has 1 aromatic carbocycles.